The first-order valence-electron chi connectivity index (χ1n) is 16.2. The van der Waals surface area contributed by atoms with Gasteiger partial charge >= 0.3 is 6.09 Å². The van der Waals surface area contributed by atoms with Crippen molar-refractivity contribution >= 4 is 12.1 Å². The molecule has 3 fully saturated rings. The number of quaternary nitrogens is 1. The van der Waals surface area contributed by atoms with Crippen LogP contribution in [0.5, 0.6) is 0 Å². The maximum absolute atomic E-state index is 12.5. The zero-order valence-corrected chi connectivity index (χ0v) is 25.4. The van der Waals surface area contributed by atoms with Crippen LogP contribution in [0.1, 0.15) is 118 Å². The molecule has 0 aromatic rings. The molecule has 0 aromatic carbocycles. The van der Waals surface area contributed by atoms with Crippen molar-refractivity contribution in [3.05, 3.63) is 11.6 Å². The third kappa shape index (κ3) is 6.36. The zero-order valence-electron chi connectivity index (χ0n) is 25.4. The van der Waals surface area contributed by atoms with E-state index < -0.39 is 18.1 Å². The third-order valence-electron chi connectivity index (χ3n) is 11.9. The van der Waals surface area contributed by atoms with Crippen molar-refractivity contribution in [2.24, 2.45) is 46.3 Å². The molecule has 6 heteroatoms. The maximum Gasteiger partial charge on any atom is 0.407 e. The molecule has 0 aromatic heterocycles. The van der Waals surface area contributed by atoms with E-state index in [9.17, 15) is 14.7 Å². The third-order valence-corrected chi connectivity index (χ3v) is 11.9. The highest BCUT2D eigenvalue weighted by Gasteiger charge is 2.59. The van der Waals surface area contributed by atoms with Crippen LogP contribution < -0.4 is 16.2 Å². The van der Waals surface area contributed by atoms with Gasteiger partial charge in [0.15, 0.2) is 0 Å². The Labute approximate surface area is 237 Å². The maximum atomic E-state index is 12.5. The number of carboxylic acids is 1. The molecule has 222 valence electrons. The number of carbonyl (C=O) groups excluding carboxylic acids is 2. The van der Waals surface area contributed by atoms with E-state index in [2.05, 4.69) is 51.7 Å². The normalized spacial score (nSPS) is 37.2. The van der Waals surface area contributed by atoms with Crippen LogP contribution in [0.4, 0.5) is 4.79 Å². The van der Waals surface area contributed by atoms with E-state index in [-0.39, 0.29) is 11.5 Å². The number of amides is 1. The smallest absolute Gasteiger partial charge is 0.407 e. The molecule has 0 bridgehead atoms. The minimum absolute atomic E-state index is 0.187. The summed E-state index contributed by atoms with van der Waals surface area (Å²) in [6.07, 6.45) is 16.1. The van der Waals surface area contributed by atoms with Gasteiger partial charge in [-0.15, -0.1) is 0 Å². The molecular weight excluding hydrogens is 488 g/mol. The van der Waals surface area contributed by atoms with Gasteiger partial charge in [0, 0.05) is 6.42 Å². The number of nitrogens with one attached hydrogen (secondary N) is 1. The number of hydrogen-bond donors (Lipinski definition) is 2. The molecule has 6 nitrogen and oxygen atoms in total. The van der Waals surface area contributed by atoms with Gasteiger partial charge in [-0.05, 0) is 104 Å². The highest BCUT2D eigenvalue weighted by Crippen LogP contribution is 2.67. The average molecular weight is 545 g/mol. The van der Waals surface area contributed by atoms with Crippen molar-refractivity contribution in [3.63, 3.8) is 0 Å². The summed E-state index contributed by atoms with van der Waals surface area (Å²) in [5.74, 6) is 3.59. The monoisotopic (exact) mass is 544 g/mol. The lowest BCUT2D eigenvalue weighted by atomic mass is 9.47. The van der Waals surface area contributed by atoms with Crippen LogP contribution in [0.15, 0.2) is 11.6 Å². The Bertz CT molecular complexity index is 902. The molecule has 4 aliphatic rings. The summed E-state index contributed by atoms with van der Waals surface area (Å²) in [4.78, 5) is 24.0. The number of ether oxygens (including phenoxy) is 1. The van der Waals surface area contributed by atoms with Crippen LogP contribution in [0.25, 0.3) is 0 Å². The molecule has 0 saturated heterocycles. The minimum atomic E-state index is -1.26. The fourth-order valence-corrected chi connectivity index (χ4v) is 9.68. The van der Waals surface area contributed by atoms with E-state index in [1.807, 2.05) is 0 Å². The van der Waals surface area contributed by atoms with Gasteiger partial charge < -0.3 is 25.7 Å². The molecule has 4 N–H and O–H groups in total. The number of aliphatic carboxylic acids is 1. The van der Waals surface area contributed by atoms with E-state index in [0.29, 0.717) is 24.8 Å². The summed E-state index contributed by atoms with van der Waals surface area (Å²) in [6, 6.07) is -1.02. The molecule has 9 unspecified atom stereocenters. The lowest BCUT2D eigenvalue weighted by molar-refractivity contribution is -0.368. The minimum Gasteiger partial charge on any atom is -0.548 e. The molecule has 1 amide bonds. The van der Waals surface area contributed by atoms with Gasteiger partial charge in [0.25, 0.3) is 0 Å². The van der Waals surface area contributed by atoms with Crippen molar-refractivity contribution in [1.82, 2.24) is 5.32 Å². The van der Waals surface area contributed by atoms with Gasteiger partial charge in [0.2, 0.25) is 0 Å². The molecule has 0 spiro atoms. The molecular formula is C33H56N2O4. The van der Waals surface area contributed by atoms with E-state index in [4.69, 9.17) is 4.74 Å². The van der Waals surface area contributed by atoms with Gasteiger partial charge in [0.05, 0.1) is 18.6 Å². The molecule has 39 heavy (non-hydrogen) atoms. The van der Waals surface area contributed by atoms with Crippen molar-refractivity contribution in [1.29, 1.82) is 0 Å². The molecule has 0 radical (unpaired) electrons. The fraction of sp³-hybridized carbons (Fsp3) is 0.879. The molecule has 4 aliphatic carbocycles. The highest BCUT2D eigenvalue weighted by molar-refractivity contribution is 5.78. The standard InChI is InChI=1S/C33H56N2O4/c1-21(2)8-6-9-22(3)26-13-14-27-25-12-11-23-20-24(39-31(38)35-29(30(36)37)10-7-19-34)15-17-32(23,4)28(25)16-18-33(26,27)5/h11,21-22,24-29H,6-10,12-20,34H2,1-5H3,(H,35,38)(H,36,37). The summed E-state index contributed by atoms with van der Waals surface area (Å²) >= 11 is 0. The molecule has 0 heterocycles. The lowest BCUT2D eigenvalue weighted by Crippen LogP contribution is -2.53. The molecule has 4 rings (SSSR count). The van der Waals surface area contributed by atoms with E-state index >= 15 is 0 Å². The van der Waals surface area contributed by atoms with E-state index in [0.717, 1.165) is 54.8 Å². The summed E-state index contributed by atoms with van der Waals surface area (Å²) in [5, 5.41) is 13.9. The number of carbonyl (C=O) groups is 2. The predicted molar refractivity (Wildman–Crippen MR) is 152 cm³/mol. The zero-order chi connectivity index (χ0) is 28.4. The lowest BCUT2D eigenvalue weighted by Gasteiger charge is -2.58. The second-order valence-electron chi connectivity index (χ2n) is 14.6. The predicted octanol–water partition coefficient (Wildman–Crippen LogP) is 5.26. The topological polar surface area (TPSA) is 106 Å². The summed E-state index contributed by atoms with van der Waals surface area (Å²) in [7, 11) is 0. The Balaban J connectivity index is 1.37. The second-order valence-corrected chi connectivity index (χ2v) is 14.6. The number of allylic oxidation sites excluding steroid dienone is 1. The fourth-order valence-electron chi connectivity index (χ4n) is 9.68. The molecule has 9 atom stereocenters. The van der Waals surface area contributed by atoms with Crippen LogP contribution in [0.3, 0.4) is 0 Å². The molecule has 0 aliphatic heterocycles. The first-order chi connectivity index (χ1) is 18.5. The van der Waals surface area contributed by atoms with Crippen molar-refractivity contribution < 1.29 is 25.2 Å². The van der Waals surface area contributed by atoms with Crippen LogP contribution in [0.2, 0.25) is 0 Å². The summed E-state index contributed by atoms with van der Waals surface area (Å²) < 4.78 is 5.76. The summed E-state index contributed by atoms with van der Waals surface area (Å²) in [5.41, 5.74) is 5.91. The summed E-state index contributed by atoms with van der Waals surface area (Å²) in [6.45, 7) is 13.0. The Hall–Kier alpha value is -1.56. The van der Waals surface area contributed by atoms with Crippen LogP contribution in [-0.4, -0.2) is 30.8 Å². The SMILES string of the molecule is CC(C)CCCC(C)C1CCC2C3CC=C4CC(OC(=O)NC(CCC[NH3+])C(=O)[O-])CCC4(C)C3CCC12C. The van der Waals surface area contributed by atoms with Crippen molar-refractivity contribution in [2.45, 2.75) is 130 Å². The van der Waals surface area contributed by atoms with Gasteiger partial charge in [0.1, 0.15) is 6.10 Å². The largest absolute Gasteiger partial charge is 0.548 e. The number of hydrogen-bond acceptors (Lipinski definition) is 4. The van der Waals surface area contributed by atoms with Crippen LogP contribution in [-0.2, 0) is 9.53 Å². The number of carboxylic acid groups (broad SMARTS) is 1. The van der Waals surface area contributed by atoms with Crippen molar-refractivity contribution in [2.75, 3.05) is 6.54 Å². The second kappa shape index (κ2) is 12.5. The van der Waals surface area contributed by atoms with Crippen LogP contribution in [0, 0.1) is 46.3 Å². The highest BCUT2D eigenvalue weighted by atomic mass is 16.6. The molecule has 3 saturated carbocycles. The number of fused-ring (bicyclic) bond motifs is 5. The van der Waals surface area contributed by atoms with Gasteiger partial charge in [-0.2, -0.15) is 0 Å². The first kappa shape index (κ1) is 30.4. The van der Waals surface area contributed by atoms with Crippen molar-refractivity contribution in [3.8, 4) is 0 Å². The quantitative estimate of drug-likeness (QED) is 0.346. The first-order valence-corrected chi connectivity index (χ1v) is 16.2. The van der Waals surface area contributed by atoms with E-state index in [1.165, 1.54) is 56.9 Å². The van der Waals surface area contributed by atoms with E-state index in [1.54, 1.807) is 0 Å². The van der Waals surface area contributed by atoms with Gasteiger partial charge in [-0.1, -0.05) is 65.5 Å². The Morgan fingerprint density at radius 1 is 1.05 bits per heavy atom. The average Bonchev–Trinajstić information content (AvgIpc) is 3.23. The number of alkyl carbamates (subject to hydrolysis) is 1. The Kier molecular flexibility index (Phi) is 9.77. The van der Waals surface area contributed by atoms with Gasteiger partial charge in [-0.3, -0.25) is 0 Å². The van der Waals surface area contributed by atoms with Gasteiger partial charge in [-0.25, -0.2) is 4.79 Å². The Morgan fingerprint density at radius 2 is 1.82 bits per heavy atom. The number of rotatable bonds is 11. The van der Waals surface area contributed by atoms with Crippen LogP contribution >= 0.6 is 0 Å². The Morgan fingerprint density at radius 3 is 2.51 bits per heavy atom.